The van der Waals surface area contributed by atoms with Gasteiger partial charge in [0, 0.05) is 0 Å². The van der Waals surface area contributed by atoms with Crippen LogP contribution in [0.25, 0.3) is 6.08 Å². The van der Waals surface area contributed by atoms with E-state index in [2.05, 4.69) is 13.8 Å². The first-order chi connectivity index (χ1) is 16.7. The second-order valence-corrected chi connectivity index (χ2v) is 11.0. The molecule has 0 radical (unpaired) electrons. The largest absolute Gasteiger partial charge is 0.490 e. The van der Waals surface area contributed by atoms with E-state index in [0.717, 1.165) is 30.2 Å². The molecule has 0 aliphatic carbocycles. The summed E-state index contributed by atoms with van der Waals surface area (Å²) in [6.45, 7) is 10.5. The number of hydrogen-bond donors (Lipinski definition) is 1. The molecule has 8 heteroatoms. The first-order valence-corrected chi connectivity index (χ1v) is 13.8. The number of benzene rings is 1. The van der Waals surface area contributed by atoms with Gasteiger partial charge in [-0.05, 0) is 62.8 Å². The molecule has 1 saturated heterocycles. The number of hydrogen-bond acceptors (Lipinski definition) is 6. The molecule has 0 spiro atoms. The minimum atomic E-state index is -1.05. The van der Waals surface area contributed by atoms with Crippen molar-refractivity contribution >= 4 is 46.3 Å². The third-order valence-corrected chi connectivity index (χ3v) is 7.05. The number of unbranched alkanes of at least 4 members (excludes halogenated alkanes) is 4. The van der Waals surface area contributed by atoms with Crippen LogP contribution in [0.1, 0.15) is 85.1 Å². The number of thioether (sulfide) groups is 1. The van der Waals surface area contributed by atoms with Gasteiger partial charge in [0.05, 0.1) is 17.6 Å². The van der Waals surface area contributed by atoms with Crippen LogP contribution in [0.4, 0.5) is 0 Å². The summed E-state index contributed by atoms with van der Waals surface area (Å²) >= 11 is 6.50. The van der Waals surface area contributed by atoms with Crippen molar-refractivity contribution in [3.8, 4) is 11.5 Å². The Balaban J connectivity index is 2.15. The molecular weight excluding hydrogens is 482 g/mol. The van der Waals surface area contributed by atoms with E-state index >= 15 is 0 Å². The summed E-state index contributed by atoms with van der Waals surface area (Å²) < 4.78 is 12.3. The van der Waals surface area contributed by atoms with Crippen LogP contribution in [0.3, 0.4) is 0 Å². The Kier molecular flexibility index (Phi) is 12.1. The van der Waals surface area contributed by atoms with E-state index in [-0.39, 0.29) is 22.2 Å². The van der Waals surface area contributed by atoms with Crippen LogP contribution in [0.5, 0.6) is 11.5 Å². The van der Waals surface area contributed by atoms with Crippen LogP contribution < -0.4 is 9.47 Å². The lowest BCUT2D eigenvalue weighted by molar-refractivity contribution is -0.145. The Morgan fingerprint density at radius 2 is 1.86 bits per heavy atom. The van der Waals surface area contributed by atoms with Crippen molar-refractivity contribution in [3.05, 3.63) is 28.7 Å². The van der Waals surface area contributed by atoms with Gasteiger partial charge >= 0.3 is 5.97 Å². The molecular formula is C27H39NO5S2. The summed E-state index contributed by atoms with van der Waals surface area (Å²) in [6, 6.07) is 4.62. The predicted molar refractivity (Wildman–Crippen MR) is 147 cm³/mol. The zero-order chi connectivity index (χ0) is 26.0. The van der Waals surface area contributed by atoms with Gasteiger partial charge in [-0.1, -0.05) is 76.5 Å². The Morgan fingerprint density at radius 1 is 1.14 bits per heavy atom. The smallest absolute Gasteiger partial charge is 0.326 e. The third-order valence-electron chi connectivity index (χ3n) is 5.72. The van der Waals surface area contributed by atoms with Crippen molar-refractivity contribution in [3.63, 3.8) is 0 Å². The molecule has 2 rings (SSSR count). The van der Waals surface area contributed by atoms with Gasteiger partial charge in [0.15, 0.2) is 11.5 Å². The van der Waals surface area contributed by atoms with Crippen molar-refractivity contribution in [2.75, 3.05) is 6.61 Å². The molecule has 1 aromatic rings. The predicted octanol–water partition coefficient (Wildman–Crippen LogP) is 6.91. The number of carboxylic acid groups (broad SMARTS) is 1. The normalized spacial score (nSPS) is 16.7. The average molecular weight is 522 g/mol. The van der Waals surface area contributed by atoms with Crippen LogP contribution in [-0.4, -0.2) is 45.0 Å². The number of nitrogens with zero attached hydrogens (tertiary/aromatic N) is 1. The third kappa shape index (κ3) is 8.83. The number of rotatable bonds is 15. The zero-order valence-electron chi connectivity index (χ0n) is 21.5. The summed E-state index contributed by atoms with van der Waals surface area (Å²) in [6.07, 6.45) is 9.27. The Morgan fingerprint density at radius 3 is 2.49 bits per heavy atom. The van der Waals surface area contributed by atoms with Crippen molar-refractivity contribution < 1.29 is 24.2 Å². The maximum Gasteiger partial charge on any atom is 0.326 e. The second kappa shape index (κ2) is 14.5. The highest BCUT2D eigenvalue weighted by atomic mass is 32.2. The fourth-order valence-corrected chi connectivity index (χ4v) is 5.31. The molecule has 1 fully saturated rings. The van der Waals surface area contributed by atoms with Crippen LogP contribution >= 0.6 is 24.0 Å². The van der Waals surface area contributed by atoms with Crippen LogP contribution in [-0.2, 0) is 9.59 Å². The van der Waals surface area contributed by atoms with E-state index in [1.807, 2.05) is 39.0 Å². The molecule has 2 atom stereocenters. The van der Waals surface area contributed by atoms with Crippen molar-refractivity contribution in [1.82, 2.24) is 4.90 Å². The fraction of sp³-hybridized carbons (Fsp3) is 0.593. The minimum Gasteiger partial charge on any atom is -0.490 e. The average Bonchev–Trinajstić information content (AvgIpc) is 3.06. The fourth-order valence-electron chi connectivity index (χ4n) is 3.95. The van der Waals surface area contributed by atoms with Gasteiger partial charge in [-0.2, -0.15) is 0 Å². The molecule has 35 heavy (non-hydrogen) atoms. The number of aliphatic carboxylic acids is 1. The Labute approximate surface area is 219 Å². The Hall–Kier alpha value is -2.06. The summed E-state index contributed by atoms with van der Waals surface area (Å²) in [5.74, 6) is 0.00178. The first-order valence-electron chi connectivity index (χ1n) is 12.6. The van der Waals surface area contributed by atoms with Gasteiger partial charge in [-0.15, -0.1) is 0 Å². The van der Waals surface area contributed by atoms with E-state index in [1.165, 1.54) is 30.6 Å². The molecule has 1 aliphatic rings. The molecule has 1 N–H and O–H groups in total. The highest BCUT2D eigenvalue weighted by molar-refractivity contribution is 8.26. The monoisotopic (exact) mass is 521 g/mol. The lowest BCUT2D eigenvalue weighted by Gasteiger charge is -2.24. The van der Waals surface area contributed by atoms with Crippen LogP contribution in [0.15, 0.2) is 23.1 Å². The van der Waals surface area contributed by atoms with Gasteiger partial charge in [-0.3, -0.25) is 9.69 Å². The topological polar surface area (TPSA) is 76.1 Å². The molecule has 1 amide bonds. The van der Waals surface area contributed by atoms with Gasteiger partial charge in [0.25, 0.3) is 5.91 Å². The number of carboxylic acids is 1. The molecule has 1 heterocycles. The summed E-state index contributed by atoms with van der Waals surface area (Å²) in [5, 5.41) is 9.67. The minimum absolute atomic E-state index is 0.0758. The lowest BCUT2D eigenvalue weighted by atomic mass is 10.0. The number of thiocarbonyl (C=S) groups is 1. The van der Waals surface area contributed by atoms with E-state index in [1.54, 1.807) is 6.08 Å². The molecule has 194 valence electrons. The molecule has 0 bridgehead atoms. The lowest BCUT2D eigenvalue weighted by Crippen LogP contribution is -2.44. The summed E-state index contributed by atoms with van der Waals surface area (Å²) in [5.41, 5.74) is 0.768. The summed E-state index contributed by atoms with van der Waals surface area (Å²) in [4.78, 5) is 26.5. The molecule has 0 aromatic heterocycles. The van der Waals surface area contributed by atoms with Crippen molar-refractivity contribution in [2.45, 2.75) is 91.7 Å². The van der Waals surface area contributed by atoms with Gasteiger partial charge in [0.2, 0.25) is 0 Å². The van der Waals surface area contributed by atoms with Crippen LogP contribution in [0, 0.1) is 5.92 Å². The van der Waals surface area contributed by atoms with E-state index in [4.69, 9.17) is 21.7 Å². The molecule has 1 aromatic carbocycles. The van der Waals surface area contributed by atoms with E-state index in [9.17, 15) is 14.7 Å². The number of ether oxygens (including phenoxy) is 2. The first kappa shape index (κ1) is 29.2. The Bertz CT molecular complexity index is 915. The highest BCUT2D eigenvalue weighted by Crippen LogP contribution is 2.37. The summed E-state index contributed by atoms with van der Waals surface area (Å²) in [7, 11) is 0. The van der Waals surface area contributed by atoms with Gasteiger partial charge in [0.1, 0.15) is 10.4 Å². The molecule has 1 aliphatic heterocycles. The maximum atomic E-state index is 13.1. The maximum absolute atomic E-state index is 13.1. The molecule has 6 nitrogen and oxygen atoms in total. The molecule has 0 unspecified atom stereocenters. The van der Waals surface area contributed by atoms with E-state index < -0.39 is 12.0 Å². The number of carbonyl (C=O) groups is 2. The van der Waals surface area contributed by atoms with Crippen molar-refractivity contribution in [1.29, 1.82) is 0 Å². The van der Waals surface area contributed by atoms with E-state index in [0.29, 0.717) is 29.4 Å². The molecule has 0 saturated carbocycles. The van der Waals surface area contributed by atoms with Gasteiger partial charge < -0.3 is 14.6 Å². The standard InChI is InChI=1S/C27H39NO5S2/c1-6-8-9-10-11-12-19(5)33-22-14-13-20(16-23(22)32-7-2)17-24-25(29)28(27(34)35-24)21(26(30)31)15-18(3)4/h13-14,16-19,21H,6-12,15H2,1-5H3,(H,30,31)/b24-17+/t19-,21-/m1/s1. The number of carbonyl (C=O) groups excluding carboxylic acids is 1. The second-order valence-electron chi connectivity index (χ2n) is 9.31. The number of amides is 1. The zero-order valence-corrected chi connectivity index (χ0v) is 23.2. The van der Waals surface area contributed by atoms with Gasteiger partial charge in [-0.25, -0.2) is 4.79 Å². The SMILES string of the molecule is CCCCCCC[C@@H](C)Oc1ccc(/C=C2/SC(=S)N([C@H](CC(C)C)C(=O)O)C2=O)cc1OCC. The quantitative estimate of drug-likeness (QED) is 0.153. The van der Waals surface area contributed by atoms with Crippen LogP contribution in [0.2, 0.25) is 0 Å². The highest BCUT2D eigenvalue weighted by Gasteiger charge is 2.40. The van der Waals surface area contributed by atoms with Crippen molar-refractivity contribution in [2.24, 2.45) is 5.92 Å².